The summed E-state index contributed by atoms with van der Waals surface area (Å²) in [4.78, 5) is 4.26. The Morgan fingerprint density at radius 2 is 2.11 bits per heavy atom. The summed E-state index contributed by atoms with van der Waals surface area (Å²) in [5.41, 5.74) is -0.979. The molecule has 1 aromatic heterocycles. The van der Waals surface area contributed by atoms with Crippen LogP contribution in [0.4, 0.5) is 0 Å². The molecule has 1 saturated heterocycles. The number of hydrogen-bond donors (Lipinski definition) is 2. The molecule has 108 valence electrons. The zero-order valence-electron chi connectivity index (χ0n) is 11.2. The fourth-order valence-corrected chi connectivity index (χ4v) is 2.01. The molecule has 2 rings (SSSR count). The van der Waals surface area contributed by atoms with Gasteiger partial charge in [0.25, 0.3) is 5.89 Å². The van der Waals surface area contributed by atoms with Crippen LogP contribution in [-0.2, 0) is 21.5 Å². The van der Waals surface area contributed by atoms with Gasteiger partial charge in [-0.1, -0.05) is 5.16 Å². The molecule has 0 atom stereocenters. The highest BCUT2D eigenvalue weighted by Crippen LogP contribution is 2.28. The summed E-state index contributed by atoms with van der Waals surface area (Å²) in [7, 11) is 1.63. The van der Waals surface area contributed by atoms with Crippen molar-refractivity contribution in [2.24, 2.45) is 0 Å². The molecular formula is C12H21N3O4. The van der Waals surface area contributed by atoms with Crippen molar-refractivity contribution < 1.29 is 19.1 Å². The molecule has 0 aliphatic carbocycles. The highest BCUT2D eigenvalue weighted by atomic mass is 16.5. The summed E-state index contributed by atoms with van der Waals surface area (Å²) in [6.07, 6.45) is 1.76. The Kier molecular flexibility index (Phi) is 5.26. The van der Waals surface area contributed by atoms with Gasteiger partial charge in [-0.05, 0) is 25.9 Å². The quantitative estimate of drug-likeness (QED) is 0.666. The maximum Gasteiger partial charge on any atom is 0.258 e. The lowest BCUT2D eigenvalue weighted by Crippen LogP contribution is -2.39. The number of nitrogens with one attached hydrogen (secondary N) is 1. The van der Waals surface area contributed by atoms with Gasteiger partial charge in [-0.25, -0.2) is 0 Å². The van der Waals surface area contributed by atoms with E-state index in [1.165, 1.54) is 0 Å². The third kappa shape index (κ3) is 3.97. The van der Waals surface area contributed by atoms with Crippen LogP contribution in [0.5, 0.6) is 0 Å². The van der Waals surface area contributed by atoms with E-state index in [1.54, 1.807) is 7.11 Å². The summed E-state index contributed by atoms with van der Waals surface area (Å²) in [5, 5.41) is 17.5. The molecule has 1 fully saturated rings. The molecule has 19 heavy (non-hydrogen) atoms. The van der Waals surface area contributed by atoms with Gasteiger partial charge in [0.2, 0.25) is 0 Å². The number of aromatic nitrogens is 2. The van der Waals surface area contributed by atoms with E-state index in [0.717, 1.165) is 13.1 Å². The predicted molar refractivity (Wildman–Crippen MR) is 66.7 cm³/mol. The second-order valence-electron chi connectivity index (χ2n) is 4.65. The van der Waals surface area contributed by atoms with E-state index in [1.807, 2.05) is 0 Å². The largest absolute Gasteiger partial charge is 0.382 e. The maximum absolute atomic E-state index is 10.4. The van der Waals surface area contributed by atoms with E-state index in [2.05, 4.69) is 15.5 Å². The van der Waals surface area contributed by atoms with Gasteiger partial charge >= 0.3 is 0 Å². The minimum Gasteiger partial charge on any atom is -0.382 e. The van der Waals surface area contributed by atoms with Crippen LogP contribution in [0.3, 0.4) is 0 Å². The zero-order chi connectivity index (χ0) is 13.6. The van der Waals surface area contributed by atoms with Crippen LogP contribution in [-0.4, -0.2) is 55.3 Å². The van der Waals surface area contributed by atoms with Crippen molar-refractivity contribution in [1.29, 1.82) is 0 Å². The molecule has 1 aromatic rings. The van der Waals surface area contributed by atoms with Crippen molar-refractivity contribution in [2.75, 3.05) is 40.0 Å². The van der Waals surface area contributed by atoms with Crippen LogP contribution >= 0.6 is 0 Å². The van der Waals surface area contributed by atoms with Gasteiger partial charge in [0.15, 0.2) is 5.82 Å². The smallest absolute Gasteiger partial charge is 0.258 e. The van der Waals surface area contributed by atoms with Crippen LogP contribution in [0.2, 0.25) is 0 Å². The summed E-state index contributed by atoms with van der Waals surface area (Å²) in [5.74, 6) is 0.889. The summed E-state index contributed by atoms with van der Waals surface area (Å²) >= 11 is 0. The van der Waals surface area contributed by atoms with Crippen molar-refractivity contribution in [3.63, 3.8) is 0 Å². The van der Waals surface area contributed by atoms with E-state index < -0.39 is 5.60 Å². The Hall–Kier alpha value is -1.02. The molecule has 1 aliphatic heterocycles. The number of ether oxygens (including phenoxy) is 2. The fraction of sp³-hybridized carbons (Fsp3) is 0.833. The minimum absolute atomic E-state index is 0.320. The molecule has 0 bridgehead atoms. The van der Waals surface area contributed by atoms with Crippen molar-refractivity contribution in [2.45, 2.75) is 24.9 Å². The van der Waals surface area contributed by atoms with Crippen molar-refractivity contribution in [3.8, 4) is 0 Å². The molecule has 7 heteroatoms. The molecule has 0 spiro atoms. The average molecular weight is 271 g/mol. The van der Waals surface area contributed by atoms with Crippen molar-refractivity contribution in [1.82, 2.24) is 15.5 Å². The molecule has 0 unspecified atom stereocenters. The molecule has 7 nitrogen and oxygen atoms in total. The number of rotatable bonds is 7. The number of aliphatic hydroxyl groups is 1. The lowest BCUT2D eigenvalue weighted by Gasteiger charge is -2.28. The Labute approximate surface area is 112 Å². The lowest BCUT2D eigenvalue weighted by atomic mass is 9.92. The molecular weight excluding hydrogens is 250 g/mol. The number of nitrogens with zero attached hydrogens (tertiary/aromatic N) is 2. The Bertz CT molecular complexity index is 377. The highest BCUT2D eigenvalue weighted by molar-refractivity contribution is 5.01. The maximum atomic E-state index is 10.4. The number of piperidine rings is 1. The van der Waals surface area contributed by atoms with Gasteiger partial charge in [-0.15, -0.1) is 0 Å². The zero-order valence-corrected chi connectivity index (χ0v) is 11.2. The van der Waals surface area contributed by atoms with Crippen LogP contribution in [0.1, 0.15) is 24.6 Å². The first-order valence-electron chi connectivity index (χ1n) is 6.57. The summed E-state index contributed by atoms with van der Waals surface area (Å²) < 4.78 is 15.4. The third-order valence-electron chi connectivity index (χ3n) is 3.20. The van der Waals surface area contributed by atoms with Crippen LogP contribution in [0.25, 0.3) is 0 Å². The van der Waals surface area contributed by atoms with E-state index in [0.29, 0.717) is 50.8 Å². The van der Waals surface area contributed by atoms with Gasteiger partial charge in [-0.2, -0.15) is 4.98 Å². The summed E-state index contributed by atoms with van der Waals surface area (Å²) in [6, 6.07) is 0. The fourth-order valence-electron chi connectivity index (χ4n) is 2.01. The second kappa shape index (κ2) is 6.95. The monoisotopic (exact) mass is 271 g/mol. The molecule has 0 aromatic carbocycles. The number of methoxy groups -OCH3 is 1. The molecule has 0 radical (unpaired) electrons. The average Bonchev–Trinajstić information content (AvgIpc) is 2.89. The van der Waals surface area contributed by atoms with E-state index in [-0.39, 0.29) is 0 Å². The van der Waals surface area contributed by atoms with E-state index >= 15 is 0 Å². The van der Waals surface area contributed by atoms with Gasteiger partial charge in [-0.3, -0.25) is 0 Å². The Morgan fingerprint density at radius 1 is 1.32 bits per heavy atom. The molecule has 2 heterocycles. The first kappa shape index (κ1) is 14.4. The third-order valence-corrected chi connectivity index (χ3v) is 3.20. The van der Waals surface area contributed by atoms with E-state index in [4.69, 9.17) is 14.0 Å². The van der Waals surface area contributed by atoms with Crippen LogP contribution in [0, 0.1) is 0 Å². The molecule has 1 aliphatic rings. The molecule has 0 amide bonds. The van der Waals surface area contributed by atoms with Crippen LogP contribution in [0.15, 0.2) is 4.52 Å². The SMILES string of the molecule is COCCOCCc1noc(C2(O)CCNCC2)n1. The Balaban J connectivity index is 1.81. The standard InChI is InChI=1S/C12H21N3O4/c1-17-8-9-18-7-2-10-14-11(19-15-10)12(16)3-5-13-6-4-12/h13,16H,2-9H2,1H3. The van der Waals surface area contributed by atoms with Gasteiger partial charge in [0.05, 0.1) is 19.8 Å². The first-order chi connectivity index (χ1) is 9.24. The minimum atomic E-state index is -0.979. The van der Waals surface area contributed by atoms with Gasteiger partial charge in [0, 0.05) is 13.5 Å². The normalized spacial score (nSPS) is 18.6. The highest BCUT2D eigenvalue weighted by Gasteiger charge is 2.36. The van der Waals surface area contributed by atoms with Crippen LogP contribution < -0.4 is 5.32 Å². The number of hydrogen-bond acceptors (Lipinski definition) is 7. The molecule has 2 N–H and O–H groups in total. The van der Waals surface area contributed by atoms with E-state index in [9.17, 15) is 5.11 Å². The van der Waals surface area contributed by atoms with Crippen molar-refractivity contribution in [3.05, 3.63) is 11.7 Å². The topological polar surface area (TPSA) is 89.6 Å². The van der Waals surface area contributed by atoms with Crippen molar-refractivity contribution >= 4 is 0 Å². The second-order valence-corrected chi connectivity index (χ2v) is 4.65. The van der Waals surface area contributed by atoms with Gasteiger partial charge in [0.1, 0.15) is 5.60 Å². The predicted octanol–water partition coefficient (Wildman–Crippen LogP) is -0.154. The first-order valence-corrected chi connectivity index (χ1v) is 6.57. The lowest BCUT2D eigenvalue weighted by molar-refractivity contribution is -0.0228. The molecule has 0 saturated carbocycles. The summed E-state index contributed by atoms with van der Waals surface area (Å²) in [6.45, 7) is 3.16. The Morgan fingerprint density at radius 3 is 2.84 bits per heavy atom. The van der Waals surface area contributed by atoms with Gasteiger partial charge < -0.3 is 24.4 Å².